The van der Waals surface area contributed by atoms with Crippen molar-refractivity contribution in [2.75, 3.05) is 10.9 Å². The fourth-order valence-corrected chi connectivity index (χ4v) is 4.08. The molecule has 0 amide bonds. The molecule has 0 bridgehead atoms. The van der Waals surface area contributed by atoms with Gasteiger partial charge in [-0.2, -0.15) is 0 Å². The van der Waals surface area contributed by atoms with E-state index in [0.717, 1.165) is 9.87 Å². The Morgan fingerprint density at radius 3 is 2.59 bits per heavy atom. The first-order valence-electron chi connectivity index (χ1n) is 12.2. The van der Waals surface area contributed by atoms with Crippen molar-refractivity contribution in [2.24, 2.45) is 0 Å². The standard InChI is InChI=1S/C26H31NO6S/c1-19(2)22-17-20(24-11-8-16-33-24)13-14-23(22)27(34(30)31)18-21-9-5-6-10-25(21)32-15-7-3-4-12-26(28)29/h5-6,8-11,13-14,16-17,19,34H,3-4,7,12,15,18H2,1-2H3,(H,28,29)/i18D2. The molecule has 1 heterocycles. The van der Waals surface area contributed by atoms with Crippen LogP contribution in [-0.2, 0) is 22.2 Å². The van der Waals surface area contributed by atoms with Crippen molar-refractivity contribution in [2.45, 2.75) is 51.9 Å². The maximum Gasteiger partial charge on any atom is 0.303 e. The van der Waals surface area contributed by atoms with E-state index in [-0.39, 0.29) is 35.9 Å². The summed E-state index contributed by atoms with van der Waals surface area (Å²) in [6.07, 6.45) is 3.41. The number of ether oxygens (including phenoxy) is 1. The Balaban J connectivity index is 1.93. The van der Waals surface area contributed by atoms with Crippen LogP contribution in [0.1, 0.15) is 59.3 Å². The average Bonchev–Trinajstić information content (AvgIpc) is 3.36. The predicted octanol–water partition coefficient (Wildman–Crippen LogP) is 5.63. The number of hydrogen-bond acceptors (Lipinski definition) is 5. The number of para-hydroxylation sites is 1. The Morgan fingerprint density at radius 2 is 1.91 bits per heavy atom. The smallest absolute Gasteiger partial charge is 0.303 e. The summed E-state index contributed by atoms with van der Waals surface area (Å²) in [5.74, 6) is -0.0767. The molecule has 0 aliphatic heterocycles. The average molecular weight is 488 g/mol. The number of benzene rings is 2. The number of furan rings is 1. The maximum atomic E-state index is 12.5. The highest BCUT2D eigenvalue weighted by Gasteiger charge is 2.19. The summed E-state index contributed by atoms with van der Waals surface area (Å²) in [5.41, 5.74) is 1.74. The lowest BCUT2D eigenvalue weighted by Crippen LogP contribution is -2.22. The first-order valence-corrected chi connectivity index (χ1v) is 12.3. The molecule has 0 aliphatic rings. The molecule has 0 atom stereocenters. The lowest BCUT2D eigenvalue weighted by molar-refractivity contribution is -0.137. The number of carboxylic acids is 1. The molecule has 0 saturated carbocycles. The number of hydrogen-bond donors (Lipinski definition) is 2. The van der Waals surface area contributed by atoms with Crippen LogP contribution in [0.3, 0.4) is 0 Å². The first-order chi connectivity index (χ1) is 17.1. The maximum absolute atomic E-state index is 12.5. The number of thiol groups is 1. The van der Waals surface area contributed by atoms with Crippen LogP contribution < -0.4 is 9.04 Å². The van der Waals surface area contributed by atoms with Gasteiger partial charge in [0.2, 0.25) is 10.9 Å². The Kier molecular flexibility index (Phi) is 8.13. The Morgan fingerprint density at radius 1 is 1.12 bits per heavy atom. The van der Waals surface area contributed by atoms with Crippen LogP contribution in [-0.4, -0.2) is 26.1 Å². The van der Waals surface area contributed by atoms with Gasteiger partial charge in [-0.25, -0.2) is 8.42 Å². The number of unbranched alkanes of at least 4 members (excludes halogenated alkanes) is 2. The first kappa shape index (κ1) is 22.5. The number of anilines is 1. The van der Waals surface area contributed by atoms with E-state index in [2.05, 4.69) is 0 Å². The lowest BCUT2D eigenvalue weighted by atomic mass is 9.97. The molecule has 34 heavy (non-hydrogen) atoms. The second-order valence-corrected chi connectivity index (χ2v) is 8.99. The molecule has 0 fully saturated rings. The van der Waals surface area contributed by atoms with Gasteiger partial charge in [-0.1, -0.05) is 32.0 Å². The molecule has 8 heteroatoms. The summed E-state index contributed by atoms with van der Waals surface area (Å²) >= 11 is 0. The fraction of sp³-hybridized carbons (Fsp3) is 0.346. The highest BCUT2D eigenvalue weighted by molar-refractivity contribution is 7.74. The van der Waals surface area contributed by atoms with Crippen LogP contribution in [0, 0.1) is 0 Å². The number of nitrogens with zero attached hydrogens (tertiary/aromatic N) is 1. The van der Waals surface area contributed by atoms with Gasteiger partial charge < -0.3 is 14.3 Å². The van der Waals surface area contributed by atoms with Gasteiger partial charge >= 0.3 is 5.97 Å². The highest BCUT2D eigenvalue weighted by Crippen LogP contribution is 2.34. The van der Waals surface area contributed by atoms with Crippen molar-refractivity contribution in [3.8, 4) is 17.1 Å². The molecule has 0 radical (unpaired) electrons. The van der Waals surface area contributed by atoms with E-state index in [0.29, 0.717) is 30.6 Å². The van der Waals surface area contributed by atoms with Crippen LogP contribution in [0.5, 0.6) is 5.75 Å². The topological polar surface area (TPSA) is 97.1 Å². The van der Waals surface area contributed by atoms with Gasteiger partial charge in [0, 0.05) is 17.5 Å². The zero-order valence-electron chi connectivity index (χ0n) is 21.3. The van der Waals surface area contributed by atoms with Crippen molar-refractivity contribution in [3.63, 3.8) is 0 Å². The second kappa shape index (κ2) is 12.3. The Hall–Kier alpha value is -3.26. The van der Waals surface area contributed by atoms with Crippen molar-refractivity contribution in [1.82, 2.24) is 0 Å². The summed E-state index contributed by atoms with van der Waals surface area (Å²) < 4.78 is 54.9. The summed E-state index contributed by atoms with van der Waals surface area (Å²) in [7, 11) is -3.36. The number of carboxylic acid groups (broad SMARTS) is 1. The summed E-state index contributed by atoms with van der Waals surface area (Å²) in [5, 5.41) is 8.75. The molecule has 2 aromatic carbocycles. The third-order valence-corrected chi connectivity index (χ3v) is 5.89. The van der Waals surface area contributed by atoms with Gasteiger partial charge in [-0.05, 0) is 67.1 Å². The number of rotatable bonds is 13. The van der Waals surface area contributed by atoms with Crippen LogP contribution in [0.25, 0.3) is 11.3 Å². The molecule has 0 aliphatic carbocycles. The molecule has 0 saturated heterocycles. The molecule has 7 nitrogen and oxygen atoms in total. The van der Waals surface area contributed by atoms with Crippen LogP contribution in [0.2, 0.25) is 0 Å². The monoisotopic (exact) mass is 487 g/mol. The van der Waals surface area contributed by atoms with Crippen molar-refractivity contribution in [3.05, 3.63) is 72.0 Å². The summed E-state index contributed by atoms with van der Waals surface area (Å²) in [4.78, 5) is 10.7. The van der Waals surface area contributed by atoms with Gasteiger partial charge in [-0.3, -0.25) is 9.10 Å². The molecule has 182 valence electrons. The van der Waals surface area contributed by atoms with Crippen LogP contribution >= 0.6 is 0 Å². The minimum Gasteiger partial charge on any atom is -0.493 e. The van der Waals surface area contributed by atoms with Crippen LogP contribution in [0.4, 0.5) is 5.69 Å². The second-order valence-electron chi connectivity index (χ2n) is 8.12. The zero-order chi connectivity index (χ0) is 26.3. The molecular formula is C26H31NO6S. The molecule has 1 N–H and O–H groups in total. The van der Waals surface area contributed by atoms with E-state index in [9.17, 15) is 13.2 Å². The predicted molar refractivity (Wildman–Crippen MR) is 133 cm³/mol. The molecule has 3 aromatic rings. The Bertz CT molecular complexity index is 1230. The van der Waals surface area contributed by atoms with Crippen LogP contribution in [0.15, 0.2) is 65.3 Å². The van der Waals surface area contributed by atoms with Crippen molar-refractivity contribution in [1.29, 1.82) is 0 Å². The largest absolute Gasteiger partial charge is 0.493 e. The minimum atomic E-state index is -3.36. The third-order valence-electron chi connectivity index (χ3n) is 5.25. The quantitative estimate of drug-likeness (QED) is 0.240. The van der Waals surface area contributed by atoms with E-state index in [1.54, 1.807) is 48.7 Å². The van der Waals surface area contributed by atoms with E-state index < -0.39 is 23.4 Å². The normalized spacial score (nSPS) is 12.5. The molecule has 1 aromatic heterocycles. The molecule has 0 unspecified atom stereocenters. The SMILES string of the molecule is [2H]C([2H])(c1ccccc1OCCCCCC(=O)O)N(c1ccc(-c2ccco2)cc1C(C)C)[SH](=O)=O. The van der Waals surface area contributed by atoms with E-state index >= 15 is 0 Å². The van der Waals surface area contributed by atoms with E-state index in [1.165, 1.54) is 6.07 Å². The highest BCUT2D eigenvalue weighted by atomic mass is 32.2. The molecule has 0 spiro atoms. The molecular weight excluding hydrogens is 454 g/mol. The lowest BCUT2D eigenvalue weighted by Gasteiger charge is -2.24. The van der Waals surface area contributed by atoms with Gasteiger partial charge in [0.1, 0.15) is 11.5 Å². The van der Waals surface area contributed by atoms with Gasteiger partial charge in [0.25, 0.3) is 0 Å². The van der Waals surface area contributed by atoms with Gasteiger partial charge in [-0.15, -0.1) is 0 Å². The van der Waals surface area contributed by atoms with E-state index in [4.69, 9.17) is 17.0 Å². The van der Waals surface area contributed by atoms with Gasteiger partial charge in [0.05, 0.1) is 27.8 Å². The fourth-order valence-electron chi connectivity index (χ4n) is 3.53. The van der Waals surface area contributed by atoms with Gasteiger partial charge in [0.15, 0.2) is 0 Å². The number of carbonyl (C=O) groups is 1. The summed E-state index contributed by atoms with van der Waals surface area (Å²) in [6.45, 7) is 1.64. The number of aliphatic carboxylic acids is 1. The minimum absolute atomic E-state index is 0.0829. The zero-order valence-corrected chi connectivity index (χ0v) is 20.2. The molecule has 3 rings (SSSR count). The third kappa shape index (κ3) is 6.87. The van der Waals surface area contributed by atoms with E-state index in [1.807, 2.05) is 19.9 Å². The Labute approximate surface area is 204 Å². The van der Waals surface area contributed by atoms with Crippen molar-refractivity contribution < 1.29 is 30.2 Å². The van der Waals surface area contributed by atoms with Crippen molar-refractivity contribution >= 4 is 22.5 Å². The summed E-state index contributed by atoms with van der Waals surface area (Å²) in [6, 6.07) is 15.1.